The molecule has 0 spiro atoms. The predicted molar refractivity (Wildman–Crippen MR) is 63.7 cm³/mol. The molecule has 0 aromatic heterocycles. The van der Waals surface area contributed by atoms with Gasteiger partial charge in [0, 0.05) is 13.0 Å². The van der Waals surface area contributed by atoms with E-state index in [1.54, 1.807) is 0 Å². The monoisotopic (exact) mass is 255 g/mol. The second-order valence-electron chi connectivity index (χ2n) is 5.17. The minimum Gasteiger partial charge on any atom is -0.426 e. The zero-order chi connectivity index (χ0) is 13.4. The second-order valence-corrected chi connectivity index (χ2v) is 5.17. The van der Waals surface area contributed by atoms with E-state index in [4.69, 9.17) is 11.5 Å². The van der Waals surface area contributed by atoms with Gasteiger partial charge < -0.3 is 26.4 Å². The van der Waals surface area contributed by atoms with Gasteiger partial charge in [0.25, 0.3) is 0 Å². The van der Waals surface area contributed by atoms with E-state index in [9.17, 15) is 19.6 Å². The fraction of sp³-hybridized carbons (Fsp3) is 0.800. The van der Waals surface area contributed by atoms with E-state index in [1.165, 1.54) is 4.90 Å². The van der Waals surface area contributed by atoms with Crippen molar-refractivity contribution in [3.8, 4) is 0 Å². The lowest BCUT2D eigenvalue weighted by Crippen LogP contribution is -2.53. The van der Waals surface area contributed by atoms with Crippen LogP contribution in [0.1, 0.15) is 19.3 Å². The molecule has 8 heteroatoms. The quantitative estimate of drug-likeness (QED) is 0.401. The van der Waals surface area contributed by atoms with E-state index >= 15 is 0 Å². The smallest absolute Gasteiger partial charge is 0.426 e. The maximum Gasteiger partial charge on any atom is 0.476 e. The van der Waals surface area contributed by atoms with Crippen LogP contribution < -0.4 is 11.5 Å². The highest BCUT2D eigenvalue weighted by Crippen LogP contribution is 2.49. The fourth-order valence-corrected chi connectivity index (χ4v) is 2.76. The van der Waals surface area contributed by atoms with Gasteiger partial charge in [0.1, 0.15) is 0 Å². The summed E-state index contributed by atoms with van der Waals surface area (Å²) in [5.74, 6) is -0.841. The average Bonchev–Trinajstić information content (AvgIpc) is 2.95. The zero-order valence-corrected chi connectivity index (χ0v) is 10.0. The van der Waals surface area contributed by atoms with Crippen molar-refractivity contribution >= 4 is 18.9 Å². The molecule has 100 valence electrons. The summed E-state index contributed by atoms with van der Waals surface area (Å²) in [5, 5.41) is 18.6. The molecule has 4 atom stereocenters. The highest BCUT2D eigenvalue weighted by Gasteiger charge is 2.58. The first-order valence-electron chi connectivity index (χ1n) is 6.12. The summed E-state index contributed by atoms with van der Waals surface area (Å²) in [6.45, 7) is 0.524. The first kappa shape index (κ1) is 13.3. The average molecular weight is 255 g/mol. The number of primary amides is 1. The van der Waals surface area contributed by atoms with Crippen molar-refractivity contribution in [3.63, 3.8) is 0 Å². The number of carbonyl (C=O) groups excluding carboxylic acids is 2. The molecular formula is C10H18BN3O4. The van der Waals surface area contributed by atoms with Gasteiger partial charge >= 0.3 is 7.12 Å². The third-order valence-electron chi connectivity index (χ3n) is 3.81. The summed E-state index contributed by atoms with van der Waals surface area (Å²) in [6.07, 6.45) is 1.18. The number of hydrogen-bond donors (Lipinski definition) is 4. The van der Waals surface area contributed by atoms with Crippen LogP contribution in [0, 0.1) is 11.8 Å². The molecule has 2 aliphatic rings. The third-order valence-corrected chi connectivity index (χ3v) is 3.81. The normalized spacial score (nSPS) is 30.8. The SMILES string of the molecule is NC(=O)CC[C@H](N)C(=O)N1CC2CC2C1B(O)O. The summed E-state index contributed by atoms with van der Waals surface area (Å²) in [5.41, 5.74) is 10.7. The van der Waals surface area contributed by atoms with Crippen LogP contribution >= 0.6 is 0 Å². The Labute approximate surface area is 105 Å². The molecule has 0 radical (unpaired) electrons. The van der Waals surface area contributed by atoms with Crippen LogP contribution in [-0.2, 0) is 9.59 Å². The van der Waals surface area contributed by atoms with Crippen LogP contribution in [0.2, 0.25) is 0 Å². The van der Waals surface area contributed by atoms with E-state index in [2.05, 4.69) is 0 Å². The van der Waals surface area contributed by atoms with Crippen molar-refractivity contribution in [2.75, 3.05) is 6.54 Å². The Morgan fingerprint density at radius 3 is 2.67 bits per heavy atom. The number of nitrogens with zero attached hydrogens (tertiary/aromatic N) is 1. The van der Waals surface area contributed by atoms with Crippen molar-refractivity contribution in [1.82, 2.24) is 4.90 Å². The lowest BCUT2D eigenvalue weighted by molar-refractivity contribution is -0.133. The summed E-state index contributed by atoms with van der Waals surface area (Å²) in [6, 6.07) is -0.809. The van der Waals surface area contributed by atoms with Gasteiger partial charge in [-0.15, -0.1) is 0 Å². The molecule has 0 bridgehead atoms. The lowest BCUT2D eigenvalue weighted by atomic mass is 9.76. The van der Waals surface area contributed by atoms with Crippen LogP contribution in [-0.4, -0.2) is 52.4 Å². The Morgan fingerprint density at radius 2 is 2.11 bits per heavy atom. The summed E-state index contributed by atoms with van der Waals surface area (Å²) < 4.78 is 0. The van der Waals surface area contributed by atoms with Gasteiger partial charge in [-0.25, -0.2) is 0 Å². The number of carbonyl (C=O) groups is 2. The maximum atomic E-state index is 12.1. The summed E-state index contributed by atoms with van der Waals surface area (Å²) in [4.78, 5) is 24.1. The van der Waals surface area contributed by atoms with Crippen LogP contribution in [0.5, 0.6) is 0 Å². The first-order valence-corrected chi connectivity index (χ1v) is 6.12. The number of rotatable bonds is 5. The third kappa shape index (κ3) is 2.50. The first-order chi connectivity index (χ1) is 8.41. The predicted octanol–water partition coefficient (Wildman–Crippen LogP) is -2.56. The molecule has 3 unspecified atom stereocenters. The second kappa shape index (κ2) is 4.87. The molecule has 1 aliphatic carbocycles. The topological polar surface area (TPSA) is 130 Å². The van der Waals surface area contributed by atoms with Gasteiger partial charge in [0.2, 0.25) is 11.8 Å². The van der Waals surface area contributed by atoms with Crippen LogP contribution in [0.4, 0.5) is 0 Å². The minimum absolute atomic E-state index is 0.0555. The molecule has 6 N–H and O–H groups in total. The molecule has 2 rings (SSSR count). The number of likely N-dealkylation sites (tertiary alicyclic amines) is 1. The number of fused-ring (bicyclic) bond motifs is 1. The van der Waals surface area contributed by atoms with Gasteiger partial charge in [-0.05, 0) is 24.7 Å². The van der Waals surface area contributed by atoms with E-state index in [0.717, 1.165) is 6.42 Å². The zero-order valence-electron chi connectivity index (χ0n) is 10.0. The van der Waals surface area contributed by atoms with E-state index in [1.807, 2.05) is 0 Å². The molecule has 1 saturated carbocycles. The Balaban J connectivity index is 1.94. The lowest BCUT2D eigenvalue weighted by Gasteiger charge is -2.29. The molecule has 1 heterocycles. The standard InChI is InChI=1S/C10H18BN3O4/c12-7(1-2-8(13)15)10(16)14-4-5-3-6(5)9(14)11(17)18/h5-7,9,17-18H,1-4,12H2,(H2,13,15)/t5?,6?,7-,9?/m0/s1. The number of piperidine rings is 1. The molecule has 7 nitrogen and oxygen atoms in total. The Kier molecular flexibility index (Phi) is 3.60. The molecular weight excluding hydrogens is 237 g/mol. The van der Waals surface area contributed by atoms with E-state index in [0.29, 0.717) is 12.5 Å². The Morgan fingerprint density at radius 1 is 1.44 bits per heavy atom. The molecule has 18 heavy (non-hydrogen) atoms. The Hall–Kier alpha value is -1.12. The van der Waals surface area contributed by atoms with E-state index < -0.39 is 25.0 Å². The number of nitrogens with two attached hydrogens (primary N) is 2. The highest BCUT2D eigenvalue weighted by atomic mass is 16.4. The van der Waals surface area contributed by atoms with Crippen LogP contribution in [0.25, 0.3) is 0 Å². The van der Waals surface area contributed by atoms with Crippen LogP contribution in [0.3, 0.4) is 0 Å². The van der Waals surface area contributed by atoms with Crippen molar-refractivity contribution in [1.29, 1.82) is 0 Å². The molecule has 1 saturated heterocycles. The van der Waals surface area contributed by atoms with Crippen molar-refractivity contribution in [3.05, 3.63) is 0 Å². The summed E-state index contributed by atoms with van der Waals surface area (Å²) >= 11 is 0. The highest BCUT2D eigenvalue weighted by molar-refractivity contribution is 6.44. The Bertz CT molecular complexity index is 365. The largest absolute Gasteiger partial charge is 0.476 e. The summed E-state index contributed by atoms with van der Waals surface area (Å²) in [7, 11) is -1.53. The number of hydrogen-bond acceptors (Lipinski definition) is 5. The van der Waals surface area contributed by atoms with Gasteiger partial charge in [0.05, 0.1) is 12.0 Å². The van der Waals surface area contributed by atoms with Gasteiger partial charge in [-0.1, -0.05) is 0 Å². The van der Waals surface area contributed by atoms with Gasteiger partial charge in [0.15, 0.2) is 0 Å². The molecule has 2 fully saturated rings. The number of amides is 2. The molecule has 2 amide bonds. The minimum atomic E-state index is -1.53. The van der Waals surface area contributed by atoms with Crippen LogP contribution in [0.15, 0.2) is 0 Å². The van der Waals surface area contributed by atoms with Crippen molar-refractivity contribution in [2.24, 2.45) is 23.3 Å². The molecule has 0 aromatic carbocycles. The fourth-order valence-electron chi connectivity index (χ4n) is 2.76. The van der Waals surface area contributed by atoms with Crippen molar-refractivity contribution < 1.29 is 19.6 Å². The van der Waals surface area contributed by atoms with E-state index in [-0.39, 0.29) is 24.7 Å². The maximum absolute atomic E-state index is 12.1. The van der Waals surface area contributed by atoms with Gasteiger partial charge in [-0.3, -0.25) is 9.59 Å². The molecule has 1 aliphatic heterocycles. The van der Waals surface area contributed by atoms with Gasteiger partial charge in [-0.2, -0.15) is 0 Å². The molecule has 0 aromatic rings. The van der Waals surface area contributed by atoms with Crippen molar-refractivity contribution in [2.45, 2.75) is 31.2 Å².